The van der Waals surface area contributed by atoms with Gasteiger partial charge in [0.2, 0.25) is 11.8 Å². The Morgan fingerprint density at radius 1 is 1.14 bits per heavy atom. The van der Waals surface area contributed by atoms with Gasteiger partial charge in [-0.2, -0.15) is 0 Å². The lowest BCUT2D eigenvalue weighted by Crippen LogP contribution is -2.49. The van der Waals surface area contributed by atoms with Gasteiger partial charge in [0.05, 0.1) is 24.0 Å². The number of carboxylic acids is 1. The van der Waals surface area contributed by atoms with Crippen LogP contribution in [0.1, 0.15) is 36.6 Å². The van der Waals surface area contributed by atoms with Gasteiger partial charge in [0.15, 0.2) is 0 Å². The standard InChI is InChI=1S/C25H26N2O6S2/c1-9(2)18(24(30)31)27-22(28)16-11-8-12(17(16)23(27)29)19-15(11)14(10-6-4-5-7-13(10)33-3)20-21(34-19)26-25(32)35-20/h4-7,9,11-12,14-19H,8H2,1-3H3,(H,26,32)(H,30,31)/t11-,12+,14+,15+,16+,17+,18+,19-/m1/s1. The number of thioether (sulfide) groups is 1. The first-order chi connectivity index (χ1) is 16.7. The lowest BCUT2D eigenvalue weighted by Gasteiger charge is -2.43. The highest BCUT2D eigenvalue weighted by molar-refractivity contribution is 8.00. The van der Waals surface area contributed by atoms with Crippen molar-refractivity contribution in [3.63, 3.8) is 0 Å². The first-order valence-electron chi connectivity index (χ1n) is 11.9. The smallest absolute Gasteiger partial charge is 0.327 e. The largest absolute Gasteiger partial charge is 0.496 e. The summed E-state index contributed by atoms with van der Waals surface area (Å²) in [5.41, 5.74) is 0.977. The number of H-pyrrole nitrogens is 1. The van der Waals surface area contributed by atoms with Crippen LogP contribution in [-0.4, -0.2) is 51.2 Å². The van der Waals surface area contributed by atoms with E-state index in [1.807, 2.05) is 24.3 Å². The van der Waals surface area contributed by atoms with Gasteiger partial charge in [0.25, 0.3) is 0 Å². The number of fused-ring (bicyclic) bond motifs is 9. The van der Waals surface area contributed by atoms with E-state index in [4.69, 9.17) is 4.74 Å². The number of nitrogens with zero attached hydrogens (tertiary/aromatic N) is 1. The minimum absolute atomic E-state index is 0.0422. The normalized spacial score (nSPS) is 33.6. The predicted molar refractivity (Wildman–Crippen MR) is 130 cm³/mol. The fraction of sp³-hybridized carbons (Fsp3) is 0.520. The molecule has 0 radical (unpaired) electrons. The number of imide groups is 1. The maximum atomic E-state index is 13.7. The average Bonchev–Trinajstić information content (AvgIpc) is 3.54. The van der Waals surface area contributed by atoms with Gasteiger partial charge in [-0.25, -0.2) is 4.79 Å². The van der Waals surface area contributed by atoms with E-state index in [9.17, 15) is 24.3 Å². The van der Waals surface area contributed by atoms with Gasteiger partial charge in [-0.15, -0.1) is 11.8 Å². The number of thiazole rings is 1. The van der Waals surface area contributed by atoms with Crippen molar-refractivity contribution in [3.8, 4) is 5.75 Å². The number of para-hydroxylation sites is 1. The van der Waals surface area contributed by atoms with Crippen LogP contribution in [0.4, 0.5) is 0 Å². The minimum Gasteiger partial charge on any atom is -0.496 e. The number of rotatable bonds is 5. The van der Waals surface area contributed by atoms with Crippen molar-refractivity contribution < 1.29 is 24.2 Å². The second-order valence-corrected chi connectivity index (χ2v) is 12.5. The van der Waals surface area contributed by atoms with E-state index in [2.05, 4.69) is 4.98 Å². The summed E-state index contributed by atoms with van der Waals surface area (Å²) in [6, 6.07) is 6.62. The highest BCUT2D eigenvalue weighted by atomic mass is 32.2. The van der Waals surface area contributed by atoms with Gasteiger partial charge in [-0.05, 0) is 36.2 Å². The molecule has 2 bridgehead atoms. The van der Waals surface area contributed by atoms with Crippen LogP contribution in [0.15, 0.2) is 34.1 Å². The Morgan fingerprint density at radius 2 is 1.83 bits per heavy atom. The number of hydrogen-bond acceptors (Lipinski definition) is 7. The number of amides is 2. The lowest BCUT2D eigenvalue weighted by molar-refractivity contribution is -0.157. The van der Waals surface area contributed by atoms with Crippen molar-refractivity contribution in [1.29, 1.82) is 0 Å². The molecule has 2 N–H and O–H groups in total. The fourth-order valence-electron chi connectivity index (χ4n) is 7.28. The van der Waals surface area contributed by atoms with Gasteiger partial charge in [0, 0.05) is 21.6 Å². The number of aromatic nitrogens is 1. The van der Waals surface area contributed by atoms with E-state index in [1.165, 1.54) is 11.3 Å². The third-order valence-electron chi connectivity index (χ3n) is 8.39. The highest BCUT2D eigenvalue weighted by Gasteiger charge is 2.70. The molecular formula is C25H26N2O6S2. The van der Waals surface area contributed by atoms with E-state index >= 15 is 0 Å². The Labute approximate surface area is 210 Å². The Kier molecular flexibility index (Phi) is 5.20. The Balaban J connectivity index is 1.46. The first kappa shape index (κ1) is 22.8. The molecule has 3 heterocycles. The number of methoxy groups -OCH3 is 1. The molecule has 0 spiro atoms. The second kappa shape index (κ2) is 7.96. The van der Waals surface area contributed by atoms with E-state index < -0.39 is 23.8 Å². The number of hydrogen-bond donors (Lipinski definition) is 2. The van der Waals surface area contributed by atoms with E-state index in [1.54, 1.807) is 32.7 Å². The van der Waals surface area contributed by atoms with Crippen molar-refractivity contribution in [3.05, 3.63) is 44.4 Å². The van der Waals surface area contributed by atoms with Crippen LogP contribution in [0.25, 0.3) is 0 Å². The number of aliphatic carboxylic acids is 1. The van der Waals surface area contributed by atoms with Gasteiger partial charge < -0.3 is 14.8 Å². The van der Waals surface area contributed by atoms with Crippen LogP contribution in [-0.2, 0) is 14.4 Å². The van der Waals surface area contributed by atoms with E-state index in [0.717, 1.165) is 32.5 Å². The van der Waals surface area contributed by atoms with Crippen LogP contribution in [0, 0.1) is 35.5 Å². The molecule has 0 unspecified atom stereocenters. The molecule has 10 heteroatoms. The molecule has 3 fully saturated rings. The minimum atomic E-state index is -1.15. The third kappa shape index (κ3) is 3.05. The topological polar surface area (TPSA) is 117 Å². The number of carboxylic acid groups (broad SMARTS) is 1. The quantitative estimate of drug-likeness (QED) is 0.589. The number of carbonyl (C=O) groups excluding carboxylic acids is 2. The molecule has 6 rings (SSSR count). The predicted octanol–water partition coefficient (Wildman–Crippen LogP) is 3.03. The van der Waals surface area contributed by atoms with Crippen molar-refractivity contribution in [2.75, 3.05) is 7.11 Å². The van der Waals surface area contributed by atoms with Crippen molar-refractivity contribution >= 4 is 40.9 Å². The number of aromatic amines is 1. The molecule has 1 aromatic carbocycles. The number of benzene rings is 1. The molecule has 2 amide bonds. The molecular weight excluding hydrogens is 488 g/mol. The summed E-state index contributed by atoms with van der Waals surface area (Å²) in [5, 5.41) is 10.7. The summed E-state index contributed by atoms with van der Waals surface area (Å²) in [5.74, 6) is -2.69. The Hall–Kier alpha value is -2.59. The van der Waals surface area contributed by atoms with Gasteiger partial charge in [-0.1, -0.05) is 43.4 Å². The molecule has 8 atom stereocenters. The second-order valence-electron chi connectivity index (χ2n) is 10.3. The van der Waals surface area contributed by atoms with Crippen molar-refractivity contribution in [1.82, 2.24) is 9.88 Å². The summed E-state index contributed by atoms with van der Waals surface area (Å²) < 4.78 is 5.69. The van der Waals surface area contributed by atoms with Crippen LogP contribution in [0.3, 0.4) is 0 Å². The van der Waals surface area contributed by atoms with Crippen molar-refractivity contribution in [2.24, 2.45) is 35.5 Å². The molecule has 184 valence electrons. The van der Waals surface area contributed by atoms with E-state index in [-0.39, 0.29) is 51.5 Å². The molecule has 4 aliphatic rings. The number of carbonyl (C=O) groups is 3. The van der Waals surface area contributed by atoms with Gasteiger partial charge in [-0.3, -0.25) is 19.3 Å². The molecule has 1 saturated heterocycles. The molecule has 35 heavy (non-hydrogen) atoms. The van der Waals surface area contributed by atoms with E-state index in [0.29, 0.717) is 0 Å². The number of likely N-dealkylation sites (tertiary alicyclic amines) is 1. The Bertz CT molecular complexity index is 1300. The van der Waals surface area contributed by atoms with Crippen LogP contribution < -0.4 is 9.61 Å². The molecule has 8 nitrogen and oxygen atoms in total. The zero-order chi connectivity index (χ0) is 24.8. The summed E-state index contributed by atoms with van der Waals surface area (Å²) in [4.78, 5) is 56.5. The molecule has 1 aromatic heterocycles. The SMILES string of the molecule is COc1ccccc1[C@@H]1c2sc(=O)[nH]c2S[C@@H]2[C@H]3C[C@@H]([C@@H]4C(=O)N([C@H](C(=O)O)C(C)C)C(=O)[C@@H]34)[C@@H]12. The van der Waals surface area contributed by atoms with Crippen molar-refractivity contribution in [2.45, 2.75) is 42.5 Å². The zero-order valence-corrected chi connectivity index (χ0v) is 21.1. The van der Waals surface area contributed by atoms with Crippen LogP contribution in [0.5, 0.6) is 5.75 Å². The average molecular weight is 515 g/mol. The maximum Gasteiger partial charge on any atom is 0.327 e. The monoisotopic (exact) mass is 514 g/mol. The summed E-state index contributed by atoms with van der Waals surface area (Å²) >= 11 is 2.81. The van der Waals surface area contributed by atoms with Crippen LogP contribution >= 0.6 is 23.1 Å². The Morgan fingerprint density at radius 3 is 2.49 bits per heavy atom. The summed E-state index contributed by atoms with van der Waals surface area (Å²) in [6.45, 7) is 3.45. The zero-order valence-electron chi connectivity index (χ0n) is 19.5. The van der Waals surface area contributed by atoms with Crippen LogP contribution in [0.2, 0.25) is 0 Å². The molecule has 2 aliphatic carbocycles. The highest BCUT2D eigenvalue weighted by Crippen LogP contribution is 2.69. The fourth-order valence-corrected chi connectivity index (χ4v) is 10.2. The van der Waals surface area contributed by atoms with Gasteiger partial charge >= 0.3 is 10.8 Å². The third-order valence-corrected chi connectivity index (χ3v) is 11.0. The first-order valence-corrected chi connectivity index (χ1v) is 13.6. The molecule has 2 aromatic rings. The summed E-state index contributed by atoms with van der Waals surface area (Å²) in [7, 11) is 1.63. The molecule has 2 aliphatic heterocycles. The maximum absolute atomic E-state index is 13.7. The van der Waals surface area contributed by atoms with Gasteiger partial charge in [0.1, 0.15) is 11.8 Å². The lowest BCUT2D eigenvalue weighted by atomic mass is 9.68. The summed E-state index contributed by atoms with van der Waals surface area (Å²) in [6.07, 6.45) is 0.757. The number of nitrogens with one attached hydrogen (secondary N) is 1. The number of ether oxygens (including phenoxy) is 1. The molecule has 2 saturated carbocycles.